The summed E-state index contributed by atoms with van der Waals surface area (Å²) in [6, 6.07) is 11.9. The van der Waals surface area contributed by atoms with Crippen LogP contribution in [-0.4, -0.2) is 55.3 Å². The van der Waals surface area contributed by atoms with Crippen molar-refractivity contribution in [3.63, 3.8) is 0 Å². The number of amides is 3. The molecule has 1 fully saturated rings. The van der Waals surface area contributed by atoms with Crippen molar-refractivity contribution in [2.24, 2.45) is 0 Å². The molecule has 33 heavy (non-hydrogen) atoms. The maximum Gasteiger partial charge on any atom is 0.343 e. The summed E-state index contributed by atoms with van der Waals surface area (Å²) in [7, 11) is 2.68. The molecule has 0 saturated carbocycles. The molecule has 9 nitrogen and oxygen atoms in total. The molecule has 0 unspecified atom stereocenters. The first kappa shape index (κ1) is 24.3. The van der Waals surface area contributed by atoms with E-state index in [4.69, 9.17) is 9.47 Å². The van der Waals surface area contributed by atoms with Gasteiger partial charge in [-0.1, -0.05) is 34.1 Å². The molecule has 1 saturated heterocycles. The van der Waals surface area contributed by atoms with Crippen LogP contribution in [0.4, 0.5) is 10.5 Å². The SMILES string of the molecule is COC(=O)COc1cc(Br)c(/C=C2\SC(=O)N(CC(=O)Nc3ccccc3)C2=O)cc1OC. The van der Waals surface area contributed by atoms with Crippen LogP contribution >= 0.6 is 27.7 Å². The monoisotopic (exact) mass is 534 g/mol. The van der Waals surface area contributed by atoms with E-state index >= 15 is 0 Å². The second-order valence-corrected chi connectivity index (χ2v) is 8.42. The molecule has 172 valence electrons. The van der Waals surface area contributed by atoms with Gasteiger partial charge in [-0.2, -0.15) is 0 Å². The first-order valence-corrected chi connectivity index (χ1v) is 11.1. The maximum absolute atomic E-state index is 12.8. The lowest BCUT2D eigenvalue weighted by atomic mass is 10.2. The number of imide groups is 1. The highest BCUT2D eigenvalue weighted by atomic mass is 79.9. The molecule has 3 amide bonds. The molecule has 1 aliphatic heterocycles. The molecule has 2 aromatic carbocycles. The normalized spacial score (nSPS) is 14.4. The second-order valence-electron chi connectivity index (χ2n) is 6.57. The lowest BCUT2D eigenvalue weighted by Gasteiger charge is -2.13. The van der Waals surface area contributed by atoms with Crippen molar-refractivity contribution in [1.29, 1.82) is 0 Å². The van der Waals surface area contributed by atoms with E-state index in [1.54, 1.807) is 36.4 Å². The number of methoxy groups -OCH3 is 2. The van der Waals surface area contributed by atoms with E-state index in [1.165, 1.54) is 20.3 Å². The molecule has 0 spiro atoms. The van der Waals surface area contributed by atoms with Gasteiger partial charge in [0.2, 0.25) is 5.91 Å². The Morgan fingerprint density at radius 3 is 2.52 bits per heavy atom. The van der Waals surface area contributed by atoms with Crippen molar-refractivity contribution >= 4 is 62.5 Å². The van der Waals surface area contributed by atoms with Crippen LogP contribution < -0.4 is 14.8 Å². The average Bonchev–Trinajstić information content (AvgIpc) is 3.06. The van der Waals surface area contributed by atoms with E-state index in [1.807, 2.05) is 6.07 Å². The lowest BCUT2D eigenvalue weighted by Crippen LogP contribution is -2.36. The van der Waals surface area contributed by atoms with Crippen LogP contribution in [0.5, 0.6) is 11.5 Å². The van der Waals surface area contributed by atoms with Crippen molar-refractivity contribution in [3.05, 3.63) is 57.4 Å². The molecular formula is C22H19BrN2O7S. The minimum atomic E-state index is -0.579. The van der Waals surface area contributed by atoms with E-state index in [9.17, 15) is 19.2 Å². The lowest BCUT2D eigenvalue weighted by molar-refractivity contribution is -0.143. The number of esters is 1. The number of hydrogen-bond acceptors (Lipinski definition) is 8. The predicted molar refractivity (Wildman–Crippen MR) is 126 cm³/mol. The van der Waals surface area contributed by atoms with Gasteiger partial charge < -0.3 is 19.5 Å². The van der Waals surface area contributed by atoms with Crippen molar-refractivity contribution < 1.29 is 33.4 Å². The molecule has 0 bridgehead atoms. The molecule has 2 aromatic rings. The first-order chi connectivity index (χ1) is 15.8. The Balaban J connectivity index is 1.75. The Morgan fingerprint density at radius 1 is 1.12 bits per heavy atom. The van der Waals surface area contributed by atoms with Crippen LogP contribution in [0.2, 0.25) is 0 Å². The van der Waals surface area contributed by atoms with E-state index in [0.717, 1.165) is 16.7 Å². The number of halogens is 1. The van der Waals surface area contributed by atoms with Crippen molar-refractivity contribution in [2.75, 3.05) is 32.7 Å². The highest BCUT2D eigenvalue weighted by molar-refractivity contribution is 9.10. The van der Waals surface area contributed by atoms with E-state index in [2.05, 4.69) is 26.0 Å². The summed E-state index contributed by atoms with van der Waals surface area (Å²) in [4.78, 5) is 49.8. The summed E-state index contributed by atoms with van der Waals surface area (Å²) in [5, 5.41) is 2.10. The van der Waals surface area contributed by atoms with Gasteiger partial charge in [0.25, 0.3) is 11.1 Å². The average molecular weight is 535 g/mol. The van der Waals surface area contributed by atoms with Gasteiger partial charge in [0.1, 0.15) is 6.54 Å². The van der Waals surface area contributed by atoms with Crippen LogP contribution in [0.25, 0.3) is 6.08 Å². The topological polar surface area (TPSA) is 111 Å². The van der Waals surface area contributed by atoms with E-state index < -0.39 is 29.6 Å². The van der Waals surface area contributed by atoms with Crippen molar-refractivity contribution in [3.8, 4) is 11.5 Å². The summed E-state index contributed by atoms with van der Waals surface area (Å²) in [6.07, 6.45) is 1.51. The number of hydrogen-bond donors (Lipinski definition) is 1. The number of anilines is 1. The molecule has 0 aromatic heterocycles. The third kappa shape index (κ3) is 6.14. The maximum atomic E-state index is 12.8. The van der Waals surface area contributed by atoms with Gasteiger partial charge in [-0.25, -0.2) is 4.79 Å². The standard InChI is InChI=1S/C22H19BrN2O7S/c1-30-16-8-13(15(23)10-17(16)32-12-20(27)31-2)9-18-21(28)25(22(29)33-18)11-19(26)24-14-6-4-3-5-7-14/h3-10H,11-12H2,1-2H3,(H,24,26)/b18-9-. The van der Waals surface area contributed by atoms with Crippen LogP contribution in [0, 0.1) is 0 Å². The van der Waals surface area contributed by atoms with Crippen LogP contribution in [0.15, 0.2) is 51.8 Å². The van der Waals surface area contributed by atoms with Gasteiger partial charge in [0, 0.05) is 10.2 Å². The highest BCUT2D eigenvalue weighted by Gasteiger charge is 2.36. The number of rotatable bonds is 8. The van der Waals surface area contributed by atoms with Gasteiger partial charge in [0.15, 0.2) is 18.1 Å². The molecular weight excluding hydrogens is 516 g/mol. The summed E-state index contributed by atoms with van der Waals surface area (Å²) >= 11 is 4.12. The Labute approximate surface area is 202 Å². The van der Waals surface area contributed by atoms with Crippen molar-refractivity contribution in [1.82, 2.24) is 4.90 Å². The Hall–Kier alpha value is -3.31. The van der Waals surface area contributed by atoms with Gasteiger partial charge in [-0.05, 0) is 47.7 Å². The molecule has 1 heterocycles. The zero-order valence-corrected chi connectivity index (χ0v) is 20.0. The summed E-state index contributed by atoms with van der Waals surface area (Å²) in [5.41, 5.74) is 1.10. The zero-order valence-electron chi connectivity index (χ0n) is 17.6. The van der Waals surface area contributed by atoms with Gasteiger partial charge in [-0.3, -0.25) is 19.3 Å². The fourth-order valence-corrected chi connectivity index (χ4v) is 4.04. The number of benzene rings is 2. The predicted octanol–water partition coefficient (Wildman–Crippen LogP) is 3.68. The quantitative estimate of drug-likeness (QED) is 0.403. The zero-order chi connectivity index (χ0) is 24.0. The minimum absolute atomic E-state index is 0.151. The Kier molecular flexibility index (Phi) is 8.12. The number of para-hydroxylation sites is 1. The largest absolute Gasteiger partial charge is 0.493 e. The number of carbonyl (C=O) groups is 4. The van der Waals surface area contributed by atoms with Gasteiger partial charge in [-0.15, -0.1) is 0 Å². The molecule has 1 N–H and O–H groups in total. The van der Waals surface area contributed by atoms with E-state index in [0.29, 0.717) is 21.5 Å². The number of carbonyl (C=O) groups excluding carboxylic acids is 4. The van der Waals surface area contributed by atoms with Crippen LogP contribution in [-0.2, 0) is 19.1 Å². The van der Waals surface area contributed by atoms with Crippen LogP contribution in [0.3, 0.4) is 0 Å². The first-order valence-electron chi connectivity index (χ1n) is 9.49. The smallest absolute Gasteiger partial charge is 0.343 e. The molecule has 0 aliphatic carbocycles. The summed E-state index contributed by atoms with van der Waals surface area (Å²) < 4.78 is 15.8. The minimum Gasteiger partial charge on any atom is -0.493 e. The molecule has 11 heteroatoms. The van der Waals surface area contributed by atoms with Crippen LogP contribution in [0.1, 0.15) is 5.56 Å². The fourth-order valence-electron chi connectivity index (χ4n) is 2.77. The third-order valence-corrected chi connectivity index (χ3v) is 5.97. The Bertz CT molecular complexity index is 1120. The second kappa shape index (κ2) is 11.0. The number of ether oxygens (including phenoxy) is 3. The van der Waals surface area contributed by atoms with E-state index in [-0.39, 0.29) is 17.3 Å². The third-order valence-electron chi connectivity index (χ3n) is 4.38. The summed E-state index contributed by atoms with van der Waals surface area (Å²) in [6.45, 7) is -0.704. The number of nitrogens with zero attached hydrogens (tertiary/aromatic N) is 1. The fraction of sp³-hybridized carbons (Fsp3) is 0.182. The molecule has 1 aliphatic rings. The molecule has 3 rings (SSSR count). The van der Waals surface area contributed by atoms with Gasteiger partial charge in [0.05, 0.1) is 19.1 Å². The summed E-state index contributed by atoms with van der Waals surface area (Å²) in [5.74, 6) is -1.01. The molecule has 0 radical (unpaired) electrons. The van der Waals surface area contributed by atoms with Gasteiger partial charge >= 0.3 is 5.97 Å². The number of thioether (sulfide) groups is 1. The van der Waals surface area contributed by atoms with Crippen molar-refractivity contribution in [2.45, 2.75) is 0 Å². The molecule has 0 atom stereocenters. The number of nitrogens with one attached hydrogen (secondary N) is 1. The highest BCUT2D eigenvalue weighted by Crippen LogP contribution is 2.38. The Morgan fingerprint density at radius 2 is 1.85 bits per heavy atom.